The summed E-state index contributed by atoms with van der Waals surface area (Å²) in [6.45, 7) is 15.5. The summed E-state index contributed by atoms with van der Waals surface area (Å²) in [5, 5.41) is 1.82. The predicted molar refractivity (Wildman–Crippen MR) is 69.3 cm³/mol. The highest BCUT2D eigenvalue weighted by atomic mass is 32.2. The maximum absolute atomic E-state index is 3.76. The van der Waals surface area contributed by atoms with Crippen molar-refractivity contribution in [1.82, 2.24) is 0 Å². The van der Waals surface area contributed by atoms with Crippen molar-refractivity contribution < 1.29 is 0 Å². The molecule has 0 saturated heterocycles. The van der Waals surface area contributed by atoms with Crippen LogP contribution in [0.5, 0.6) is 0 Å². The number of hydrogen-bond donors (Lipinski definition) is 0. The van der Waals surface area contributed by atoms with Crippen molar-refractivity contribution in [2.75, 3.05) is 0 Å². The zero-order valence-electron chi connectivity index (χ0n) is 9.05. The van der Waals surface area contributed by atoms with E-state index >= 15 is 0 Å². The molecule has 0 aromatic rings. The average Bonchev–Trinajstić information content (AvgIpc) is 2.19. The molecule has 1 heteroatoms. The van der Waals surface area contributed by atoms with Crippen LogP contribution in [0.4, 0.5) is 0 Å². The zero-order chi connectivity index (χ0) is 11.0. The summed E-state index contributed by atoms with van der Waals surface area (Å²) in [6, 6.07) is 0. The molecule has 0 saturated carbocycles. The van der Waals surface area contributed by atoms with Gasteiger partial charge >= 0.3 is 0 Å². The molecule has 0 aliphatic heterocycles. The van der Waals surface area contributed by atoms with Gasteiger partial charge in [-0.1, -0.05) is 56.1 Å². The summed E-state index contributed by atoms with van der Waals surface area (Å²) in [4.78, 5) is 1.16. The summed E-state index contributed by atoms with van der Waals surface area (Å²) in [5.74, 6) is 0. The van der Waals surface area contributed by atoms with Gasteiger partial charge in [-0.15, -0.1) is 0 Å². The fourth-order valence-electron chi connectivity index (χ4n) is 0.886. The third-order valence-electron chi connectivity index (χ3n) is 1.87. The van der Waals surface area contributed by atoms with Crippen LogP contribution in [0.25, 0.3) is 0 Å². The summed E-state index contributed by atoms with van der Waals surface area (Å²) < 4.78 is 0. The Bertz CT molecular complexity index is 270. The molecule has 0 spiro atoms. The minimum absolute atomic E-state index is 1.06. The number of hydrogen-bond acceptors (Lipinski definition) is 1. The zero-order valence-corrected chi connectivity index (χ0v) is 9.86. The van der Waals surface area contributed by atoms with Crippen LogP contribution in [-0.4, -0.2) is 0 Å². The van der Waals surface area contributed by atoms with E-state index in [0.717, 1.165) is 16.9 Å². The first kappa shape index (κ1) is 13.1. The van der Waals surface area contributed by atoms with Crippen molar-refractivity contribution in [3.8, 4) is 0 Å². The molecule has 0 aliphatic rings. The van der Waals surface area contributed by atoms with Crippen LogP contribution in [0.15, 0.2) is 59.4 Å². The van der Waals surface area contributed by atoms with Gasteiger partial charge in [-0.3, -0.25) is 0 Å². The lowest BCUT2D eigenvalue weighted by atomic mass is 10.1. The van der Waals surface area contributed by atoms with E-state index in [2.05, 4.69) is 39.7 Å². The second-order valence-electron chi connectivity index (χ2n) is 2.86. The molecule has 0 aromatic heterocycles. The van der Waals surface area contributed by atoms with Crippen molar-refractivity contribution in [2.24, 2.45) is 0 Å². The van der Waals surface area contributed by atoms with Crippen molar-refractivity contribution in [3.05, 3.63) is 59.4 Å². The minimum atomic E-state index is 1.06. The smallest absolute Gasteiger partial charge is 0.0187 e. The van der Waals surface area contributed by atoms with Gasteiger partial charge in [0, 0.05) is 4.91 Å². The van der Waals surface area contributed by atoms with Gasteiger partial charge in [-0.2, -0.15) is 0 Å². The van der Waals surface area contributed by atoms with Gasteiger partial charge in [0.05, 0.1) is 0 Å². The number of thioether (sulfide) groups is 1. The topological polar surface area (TPSA) is 0 Å². The number of allylic oxidation sites excluding steroid dienone is 5. The summed E-state index contributed by atoms with van der Waals surface area (Å²) in [5.41, 5.74) is 2.40. The Hall–Kier alpha value is -0.950. The largest absolute Gasteiger partial charge is 0.0984 e. The van der Waals surface area contributed by atoms with Crippen molar-refractivity contribution >= 4 is 11.8 Å². The first-order valence-electron chi connectivity index (χ1n) is 4.63. The second-order valence-corrected chi connectivity index (χ2v) is 3.87. The molecule has 0 unspecified atom stereocenters. The summed E-state index contributed by atoms with van der Waals surface area (Å²) >= 11 is 1.60. The molecular weight excluding hydrogens is 188 g/mol. The third-order valence-corrected chi connectivity index (χ3v) is 2.64. The molecule has 0 rings (SSSR count). The lowest BCUT2D eigenvalue weighted by molar-refractivity contribution is 1.10. The van der Waals surface area contributed by atoms with E-state index in [0.29, 0.717) is 0 Å². The molecule has 0 bridgehead atoms. The molecule has 0 nitrogen and oxygen atoms in total. The minimum Gasteiger partial charge on any atom is -0.0984 e. The molecule has 0 aromatic carbocycles. The highest BCUT2D eigenvalue weighted by molar-refractivity contribution is 8.06. The molecule has 0 aliphatic carbocycles. The fraction of sp³-hybridized carbons (Fsp3) is 0.231. The van der Waals surface area contributed by atoms with Crippen LogP contribution in [-0.2, 0) is 0 Å². The van der Waals surface area contributed by atoms with E-state index < -0.39 is 0 Å². The van der Waals surface area contributed by atoms with Crippen LogP contribution in [0, 0.1) is 0 Å². The van der Waals surface area contributed by atoms with E-state index in [1.165, 1.54) is 5.57 Å². The second kappa shape index (κ2) is 7.45. The lowest BCUT2D eigenvalue weighted by Crippen LogP contribution is -1.80. The Kier molecular flexibility index (Phi) is 6.95. The van der Waals surface area contributed by atoms with Crippen molar-refractivity contribution in [3.63, 3.8) is 0 Å². The fourth-order valence-corrected chi connectivity index (χ4v) is 1.64. The van der Waals surface area contributed by atoms with Gasteiger partial charge in [0.2, 0.25) is 0 Å². The van der Waals surface area contributed by atoms with Gasteiger partial charge < -0.3 is 0 Å². The van der Waals surface area contributed by atoms with E-state index in [4.69, 9.17) is 0 Å². The standard InChI is InChI=1S/C13H18S/c1-6-11(5)10-13(14-9-4)12(7-2)8-3/h7-10H,2-4,6H2,1,5H3/b11-10-. The molecule has 0 radical (unpaired) electrons. The maximum atomic E-state index is 3.76. The molecule has 14 heavy (non-hydrogen) atoms. The van der Waals surface area contributed by atoms with Crippen LogP contribution >= 0.6 is 11.8 Å². The molecule has 76 valence electrons. The maximum Gasteiger partial charge on any atom is 0.0187 e. The van der Waals surface area contributed by atoms with Crippen molar-refractivity contribution in [1.29, 1.82) is 0 Å². The quantitative estimate of drug-likeness (QED) is 0.560. The van der Waals surface area contributed by atoms with Crippen molar-refractivity contribution in [2.45, 2.75) is 20.3 Å². The van der Waals surface area contributed by atoms with Gasteiger partial charge in [0.1, 0.15) is 0 Å². The molecule has 0 heterocycles. The predicted octanol–water partition coefficient (Wildman–Crippen LogP) is 4.85. The molecule has 0 N–H and O–H groups in total. The Morgan fingerprint density at radius 2 is 1.79 bits per heavy atom. The lowest BCUT2D eigenvalue weighted by Gasteiger charge is -2.03. The van der Waals surface area contributed by atoms with Gasteiger partial charge in [0.15, 0.2) is 0 Å². The average molecular weight is 206 g/mol. The Balaban J connectivity index is 5.09. The van der Waals surface area contributed by atoms with Crippen LogP contribution in [0.2, 0.25) is 0 Å². The third kappa shape index (κ3) is 4.33. The number of rotatable bonds is 6. The summed E-state index contributed by atoms with van der Waals surface area (Å²) in [6.07, 6.45) is 6.85. The first-order valence-corrected chi connectivity index (χ1v) is 5.51. The highest BCUT2D eigenvalue weighted by Crippen LogP contribution is 2.25. The SMILES string of the molecule is C=CSC(/C=C(/C)CC)=C(C=C)C=C. The van der Waals surface area contributed by atoms with Gasteiger partial charge in [-0.05, 0) is 30.4 Å². The Morgan fingerprint density at radius 3 is 2.14 bits per heavy atom. The molecule has 0 amide bonds. The van der Waals surface area contributed by atoms with E-state index in [1.54, 1.807) is 11.8 Å². The highest BCUT2D eigenvalue weighted by Gasteiger charge is 1.97. The van der Waals surface area contributed by atoms with Gasteiger partial charge in [0.25, 0.3) is 0 Å². The summed E-state index contributed by atoms with van der Waals surface area (Å²) in [7, 11) is 0. The van der Waals surface area contributed by atoms with Crippen LogP contribution < -0.4 is 0 Å². The van der Waals surface area contributed by atoms with Crippen LogP contribution in [0.1, 0.15) is 20.3 Å². The molecule has 0 fully saturated rings. The Labute approximate surface area is 91.8 Å². The van der Waals surface area contributed by atoms with E-state index in [-0.39, 0.29) is 0 Å². The Morgan fingerprint density at radius 1 is 1.21 bits per heavy atom. The van der Waals surface area contributed by atoms with Gasteiger partial charge in [-0.25, -0.2) is 0 Å². The first-order chi connectivity index (χ1) is 6.69. The molecule has 0 atom stereocenters. The van der Waals surface area contributed by atoms with E-state index in [9.17, 15) is 0 Å². The van der Waals surface area contributed by atoms with Crippen LogP contribution in [0.3, 0.4) is 0 Å². The van der Waals surface area contributed by atoms with E-state index in [1.807, 2.05) is 17.6 Å². The monoisotopic (exact) mass is 206 g/mol. The molecular formula is C13H18S. The normalized spacial score (nSPS) is 10.6.